The van der Waals surface area contributed by atoms with Crippen molar-refractivity contribution in [1.82, 2.24) is 15.3 Å². The summed E-state index contributed by atoms with van der Waals surface area (Å²) in [4.78, 5) is 28.4. The lowest BCUT2D eigenvalue weighted by Gasteiger charge is -2.39. The first-order valence-corrected chi connectivity index (χ1v) is 12.2. The number of carbonyl (C=O) groups is 1. The van der Waals surface area contributed by atoms with Gasteiger partial charge in [-0.2, -0.15) is 4.98 Å². The number of aryl methyl sites for hydroxylation is 1. The molecule has 0 spiro atoms. The monoisotopic (exact) mass is 491 g/mol. The van der Waals surface area contributed by atoms with Crippen LogP contribution in [-0.4, -0.2) is 54.8 Å². The maximum atomic E-state index is 13.3. The predicted octanol–water partition coefficient (Wildman–Crippen LogP) is 4.42. The van der Waals surface area contributed by atoms with Crippen molar-refractivity contribution in [3.63, 3.8) is 0 Å². The molecule has 35 heavy (non-hydrogen) atoms. The van der Waals surface area contributed by atoms with Crippen LogP contribution in [0.2, 0.25) is 5.02 Å². The van der Waals surface area contributed by atoms with E-state index < -0.39 is 0 Å². The highest BCUT2D eigenvalue weighted by Gasteiger charge is 2.32. The predicted molar refractivity (Wildman–Crippen MR) is 142 cm³/mol. The third-order valence-electron chi connectivity index (χ3n) is 6.64. The van der Waals surface area contributed by atoms with Gasteiger partial charge in [0.15, 0.2) is 0 Å². The number of piperazine rings is 1. The number of benzene rings is 2. The Labute approximate surface area is 210 Å². The molecule has 2 N–H and O–H groups in total. The molecular formula is C26H30ClN7O. The average Bonchev–Trinajstić information content (AvgIpc) is 2.84. The fraction of sp³-hybridized carbons (Fsp3) is 0.346. The number of aromatic nitrogens is 2. The number of amides is 1. The van der Waals surface area contributed by atoms with Crippen LogP contribution >= 0.6 is 11.6 Å². The maximum absolute atomic E-state index is 13.3. The number of hydrogen-bond acceptors (Lipinski definition) is 7. The van der Waals surface area contributed by atoms with E-state index in [0.717, 1.165) is 24.3 Å². The van der Waals surface area contributed by atoms with E-state index in [-0.39, 0.29) is 5.91 Å². The van der Waals surface area contributed by atoms with E-state index in [1.165, 1.54) is 5.69 Å². The Hall–Kier alpha value is -3.36. The number of nitrogens with one attached hydrogen (secondary N) is 2. The third kappa shape index (κ3) is 4.51. The van der Waals surface area contributed by atoms with Crippen LogP contribution in [0.4, 0.5) is 28.8 Å². The summed E-state index contributed by atoms with van der Waals surface area (Å²) in [6.45, 7) is 8.69. The minimum Gasteiger partial charge on any atom is -0.366 e. The van der Waals surface area contributed by atoms with Gasteiger partial charge in [0.25, 0.3) is 5.91 Å². The summed E-state index contributed by atoms with van der Waals surface area (Å²) < 4.78 is 0. The zero-order valence-corrected chi connectivity index (χ0v) is 21.2. The lowest BCUT2D eigenvalue weighted by molar-refractivity contribution is 0.0982. The molecule has 2 aromatic carbocycles. The van der Waals surface area contributed by atoms with Gasteiger partial charge in [0, 0.05) is 49.8 Å². The molecule has 9 heteroatoms. The summed E-state index contributed by atoms with van der Waals surface area (Å²) in [5.41, 5.74) is 4.19. The Balaban J connectivity index is 1.35. The van der Waals surface area contributed by atoms with Crippen molar-refractivity contribution in [2.45, 2.75) is 32.9 Å². The van der Waals surface area contributed by atoms with Crippen molar-refractivity contribution in [2.75, 3.05) is 46.8 Å². The van der Waals surface area contributed by atoms with Gasteiger partial charge in [-0.05, 0) is 56.7 Å². The number of anilines is 5. The Morgan fingerprint density at radius 1 is 1.14 bits per heavy atom. The Morgan fingerprint density at radius 3 is 2.66 bits per heavy atom. The van der Waals surface area contributed by atoms with E-state index in [1.807, 2.05) is 43.1 Å². The average molecular weight is 492 g/mol. The van der Waals surface area contributed by atoms with Gasteiger partial charge >= 0.3 is 0 Å². The van der Waals surface area contributed by atoms with Crippen LogP contribution in [0.25, 0.3) is 0 Å². The SMILES string of the molecule is Cc1cccc(Cl)c1N1CN(C)c2nc(Nc3ccc(N4C[C@H](C)NC[C@H]4C)cc3)ncc2C1=O. The molecule has 1 fully saturated rings. The van der Waals surface area contributed by atoms with Crippen LogP contribution in [-0.2, 0) is 0 Å². The molecule has 2 aliphatic rings. The molecule has 5 rings (SSSR count). The second-order valence-electron chi connectivity index (χ2n) is 9.39. The Bertz CT molecular complexity index is 1230. The highest BCUT2D eigenvalue weighted by atomic mass is 35.5. The third-order valence-corrected chi connectivity index (χ3v) is 6.94. The van der Waals surface area contributed by atoms with Crippen LogP contribution in [0.1, 0.15) is 29.8 Å². The minimum absolute atomic E-state index is 0.162. The molecule has 1 amide bonds. The number of para-hydroxylation sites is 1. The summed E-state index contributed by atoms with van der Waals surface area (Å²) in [6.07, 6.45) is 1.58. The number of carbonyl (C=O) groups excluding carboxylic acids is 1. The summed E-state index contributed by atoms with van der Waals surface area (Å²) >= 11 is 6.43. The zero-order chi connectivity index (χ0) is 24.7. The van der Waals surface area contributed by atoms with Gasteiger partial charge in [0.05, 0.1) is 17.4 Å². The van der Waals surface area contributed by atoms with E-state index in [9.17, 15) is 4.79 Å². The van der Waals surface area contributed by atoms with E-state index in [2.05, 4.69) is 51.5 Å². The first kappa shape index (κ1) is 23.4. The Kier molecular flexibility index (Phi) is 6.25. The van der Waals surface area contributed by atoms with E-state index in [4.69, 9.17) is 11.6 Å². The zero-order valence-electron chi connectivity index (χ0n) is 20.4. The highest BCUT2D eigenvalue weighted by Crippen LogP contribution is 2.35. The van der Waals surface area contributed by atoms with Gasteiger partial charge < -0.3 is 20.4 Å². The lowest BCUT2D eigenvalue weighted by atomic mass is 10.1. The van der Waals surface area contributed by atoms with Crippen molar-refractivity contribution in [3.05, 3.63) is 64.8 Å². The first-order chi connectivity index (χ1) is 16.8. The maximum Gasteiger partial charge on any atom is 0.265 e. The highest BCUT2D eigenvalue weighted by molar-refractivity contribution is 6.34. The fourth-order valence-corrected chi connectivity index (χ4v) is 5.07. The van der Waals surface area contributed by atoms with Gasteiger partial charge in [-0.1, -0.05) is 23.7 Å². The lowest BCUT2D eigenvalue weighted by Crippen LogP contribution is -2.54. The normalized spacial score (nSPS) is 20.1. The van der Waals surface area contributed by atoms with E-state index in [1.54, 1.807) is 17.2 Å². The topological polar surface area (TPSA) is 76.6 Å². The number of hydrogen-bond donors (Lipinski definition) is 2. The molecule has 1 saturated heterocycles. The molecule has 0 aliphatic carbocycles. The van der Waals surface area contributed by atoms with Crippen molar-refractivity contribution in [2.24, 2.45) is 0 Å². The number of rotatable bonds is 4. The minimum atomic E-state index is -0.162. The molecule has 0 bridgehead atoms. The van der Waals surface area contributed by atoms with Crippen molar-refractivity contribution in [1.29, 1.82) is 0 Å². The molecule has 3 heterocycles. The first-order valence-electron chi connectivity index (χ1n) is 11.8. The molecule has 0 radical (unpaired) electrons. The van der Waals surface area contributed by atoms with E-state index in [0.29, 0.717) is 46.8 Å². The molecule has 8 nitrogen and oxygen atoms in total. The van der Waals surface area contributed by atoms with Crippen molar-refractivity contribution in [3.8, 4) is 0 Å². The second kappa shape index (κ2) is 9.36. The van der Waals surface area contributed by atoms with Crippen LogP contribution in [0.3, 0.4) is 0 Å². The molecule has 2 aliphatic heterocycles. The standard InChI is InChI=1S/C26H30ClN7O/c1-16-6-5-7-22(27)23(16)34-15-32(4)24-21(25(34)35)13-29-26(31-24)30-19-8-10-20(11-9-19)33-14-17(2)28-12-18(33)3/h5-11,13,17-18,28H,12,14-15H2,1-4H3,(H,29,30,31)/t17-,18+/m0/s1. The number of nitrogens with zero attached hydrogens (tertiary/aromatic N) is 5. The summed E-state index contributed by atoms with van der Waals surface area (Å²) in [6, 6.07) is 14.8. The van der Waals surface area contributed by atoms with Gasteiger partial charge in [0.2, 0.25) is 5.95 Å². The summed E-state index contributed by atoms with van der Waals surface area (Å²) in [5.74, 6) is 0.876. The van der Waals surface area contributed by atoms with Crippen LogP contribution in [0.15, 0.2) is 48.7 Å². The molecular weight excluding hydrogens is 462 g/mol. The molecule has 1 aromatic heterocycles. The smallest absolute Gasteiger partial charge is 0.265 e. The second-order valence-corrected chi connectivity index (χ2v) is 9.80. The summed E-state index contributed by atoms with van der Waals surface area (Å²) in [7, 11) is 1.91. The number of halogens is 1. The molecule has 0 unspecified atom stereocenters. The van der Waals surface area contributed by atoms with Gasteiger partial charge in [-0.25, -0.2) is 4.98 Å². The Morgan fingerprint density at radius 2 is 1.91 bits per heavy atom. The van der Waals surface area contributed by atoms with Gasteiger partial charge in [-0.3, -0.25) is 9.69 Å². The van der Waals surface area contributed by atoms with Crippen LogP contribution < -0.4 is 25.3 Å². The molecule has 3 aromatic rings. The molecule has 0 saturated carbocycles. The fourth-order valence-electron chi connectivity index (χ4n) is 4.75. The summed E-state index contributed by atoms with van der Waals surface area (Å²) in [5, 5.41) is 7.34. The molecule has 182 valence electrons. The van der Waals surface area contributed by atoms with Crippen molar-refractivity contribution < 1.29 is 4.79 Å². The number of fused-ring (bicyclic) bond motifs is 1. The van der Waals surface area contributed by atoms with Gasteiger partial charge in [0.1, 0.15) is 11.4 Å². The van der Waals surface area contributed by atoms with Crippen LogP contribution in [0, 0.1) is 6.92 Å². The molecule has 2 atom stereocenters. The van der Waals surface area contributed by atoms with Crippen molar-refractivity contribution >= 4 is 46.3 Å². The van der Waals surface area contributed by atoms with Crippen LogP contribution in [0.5, 0.6) is 0 Å². The largest absolute Gasteiger partial charge is 0.366 e. The quantitative estimate of drug-likeness (QED) is 0.559. The van der Waals surface area contributed by atoms with E-state index >= 15 is 0 Å². The van der Waals surface area contributed by atoms with Gasteiger partial charge in [-0.15, -0.1) is 0 Å².